The van der Waals surface area contributed by atoms with Gasteiger partial charge in [-0.1, -0.05) is 6.92 Å². The molecule has 62 valence electrons. The van der Waals surface area contributed by atoms with Crippen LogP contribution >= 0.6 is 22.7 Å². The van der Waals surface area contributed by atoms with Gasteiger partial charge >= 0.3 is 0 Å². The Balaban J connectivity index is 2.35. The molecule has 0 aliphatic rings. The molecule has 0 aliphatic heterocycles. The lowest BCUT2D eigenvalue weighted by Crippen LogP contribution is -1.70. The quantitative estimate of drug-likeness (QED) is 0.738. The van der Waals surface area contributed by atoms with Gasteiger partial charge in [0.05, 0.1) is 20.3 Å². The monoisotopic (exact) mass is 196 g/mol. The fourth-order valence-electron chi connectivity index (χ4n) is 0.925. The van der Waals surface area contributed by atoms with E-state index in [-0.39, 0.29) is 0 Å². The van der Waals surface area contributed by atoms with Gasteiger partial charge in [0.15, 0.2) is 0 Å². The van der Waals surface area contributed by atoms with Crippen LogP contribution in [0, 0.1) is 0 Å². The highest BCUT2D eigenvalue weighted by Crippen LogP contribution is 2.28. The van der Waals surface area contributed by atoms with Gasteiger partial charge < -0.3 is 0 Å². The molecule has 0 aromatic carbocycles. The number of nitrogens with zero attached hydrogens (tertiary/aromatic N) is 2. The second-order valence-corrected chi connectivity index (χ2v) is 4.34. The van der Waals surface area contributed by atoms with Crippen molar-refractivity contribution in [3.63, 3.8) is 0 Å². The minimum absolute atomic E-state index is 1.02. The van der Waals surface area contributed by atoms with Crippen LogP contribution in [0.5, 0.6) is 0 Å². The van der Waals surface area contributed by atoms with Crippen LogP contribution in [0.1, 0.15) is 11.9 Å². The SMILES string of the molecule is CCc1ncc(-c2cncs2)s1. The lowest BCUT2D eigenvalue weighted by Gasteiger charge is -1.84. The van der Waals surface area contributed by atoms with E-state index in [0.717, 1.165) is 6.42 Å². The summed E-state index contributed by atoms with van der Waals surface area (Å²) in [4.78, 5) is 10.8. The molecule has 0 amide bonds. The summed E-state index contributed by atoms with van der Waals surface area (Å²) in [6, 6.07) is 0. The molecule has 0 spiro atoms. The van der Waals surface area contributed by atoms with Crippen molar-refractivity contribution < 1.29 is 0 Å². The highest BCUT2D eigenvalue weighted by atomic mass is 32.1. The maximum absolute atomic E-state index is 4.29. The summed E-state index contributed by atoms with van der Waals surface area (Å²) in [6.45, 7) is 2.12. The van der Waals surface area contributed by atoms with Crippen LogP contribution in [0.25, 0.3) is 9.75 Å². The van der Waals surface area contributed by atoms with Gasteiger partial charge in [0.25, 0.3) is 0 Å². The van der Waals surface area contributed by atoms with Gasteiger partial charge in [-0.3, -0.25) is 4.98 Å². The second-order valence-electron chi connectivity index (χ2n) is 2.34. The number of thiazole rings is 2. The van der Waals surface area contributed by atoms with Gasteiger partial charge in [0, 0.05) is 12.4 Å². The number of aryl methyl sites for hydroxylation is 1. The normalized spacial score (nSPS) is 10.4. The summed E-state index contributed by atoms with van der Waals surface area (Å²) in [5.74, 6) is 0. The highest BCUT2D eigenvalue weighted by molar-refractivity contribution is 7.20. The molecule has 0 atom stereocenters. The van der Waals surface area contributed by atoms with Crippen molar-refractivity contribution in [3.05, 3.63) is 22.9 Å². The number of aromatic nitrogens is 2. The first-order chi connectivity index (χ1) is 5.90. The average Bonchev–Trinajstić information content (AvgIpc) is 2.75. The van der Waals surface area contributed by atoms with E-state index in [9.17, 15) is 0 Å². The zero-order valence-corrected chi connectivity index (χ0v) is 8.28. The Morgan fingerprint density at radius 3 is 2.83 bits per heavy atom. The first-order valence-electron chi connectivity index (χ1n) is 3.73. The Morgan fingerprint density at radius 2 is 2.25 bits per heavy atom. The molecule has 0 bridgehead atoms. The lowest BCUT2D eigenvalue weighted by molar-refractivity contribution is 1.09. The Kier molecular flexibility index (Phi) is 2.19. The van der Waals surface area contributed by atoms with Crippen LogP contribution in [0.2, 0.25) is 0 Å². The molecule has 0 radical (unpaired) electrons. The second kappa shape index (κ2) is 3.33. The summed E-state index contributed by atoms with van der Waals surface area (Å²) < 4.78 is 0. The van der Waals surface area contributed by atoms with E-state index in [1.165, 1.54) is 14.8 Å². The molecule has 2 heterocycles. The molecule has 4 heteroatoms. The van der Waals surface area contributed by atoms with Crippen molar-refractivity contribution in [1.29, 1.82) is 0 Å². The molecular weight excluding hydrogens is 188 g/mol. The van der Waals surface area contributed by atoms with E-state index in [0.29, 0.717) is 0 Å². The smallest absolute Gasteiger partial charge is 0.0928 e. The van der Waals surface area contributed by atoms with Crippen LogP contribution in [0.15, 0.2) is 17.9 Å². The average molecular weight is 196 g/mol. The molecule has 2 nitrogen and oxygen atoms in total. The van der Waals surface area contributed by atoms with Gasteiger partial charge in [-0.05, 0) is 6.42 Å². The van der Waals surface area contributed by atoms with Crippen molar-refractivity contribution in [2.45, 2.75) is 13.3 Å². The number of hydrogen-bond acceptors (Lipinski definition) is 4. The zero-order chi connectivity index (χ0) is 8.39. The zero-order valence-electron chi connectivity index (χ0n) is 6.65. The predicted octanol–water partition coefficient (Wildman–Crippen LogP) is 2.83. The molecule has 12 heavy (non-hydrogen) atoms. The summed E-state index contributed by atoms with van der Waals surface area (Å²) in [5, 5.41) is 1.19. The first kappa shape index (κ1) is 7.89. The van der Waals surface area contributed by atoms with Crippen LogP contribution in [-0.4, -0.2) is 9.97 Å². The van der Waals surface area contributed by atoms with E-state index >= 15 is 0 Å². The van der Waals surface area contributed by atoms with Gasteiger partial charge in [-0.2, -0.15) is 0 Å². The minimum atomic E-state index is 1.02. The maximum atomic E-state index is 4.29. The van der Waals surface area contributed by atoms with Crippen LogP contribution in [0.3, 0.4) is 0 Å². The van der Waals surface area contributed by atoms with Crippen molar-refractivity contribution in [2.24, 2.45) is 0 Å². The van der Waals surface area contributed by atoms with E-state index in [4.69, 9.17) is 0 Å². The molecule has 0 saturated carbocycles. The van der Waals surface area contributed by atoms with Gasteiger partial charge in [-0.15, -0.1) is 22.7 Å². The summed E-state index contributed by atoms with van der Waals surface area (Å²) in [7, 11) is 0. The molecular formula is C8H8N2S2. The minimum Gasteiger partial charge on any atom is -0.252 e. The molecule has 0 N–H and O–H groups in total. The van der Waals surface area contributed by atoms with Gasteiger partial charge in [0.1, 0.15) is 0 Å². The summed E-state index contributed by atoms with van der Waals surface area (Å²) >= 11 is 3.41. The van der Waals surface area contributed by atoms with Crippen molar-refractivity contribution in [3.8, 4) is 9.75 Å². The molecule has 2 aromatic rings. The van der Waals surface area contributed by atoms with E-state index < -0.39 is 0 Å². The summed E-state index contributed by atoms with van der Waals surface area (Å²) in [5.41, 5.74) is 1.85. The van der Waals surface area contributed by atoms with Crippen molar-refractivity contribution in [2.75, 3.05) is 0 Å². The topological polar surface area (TPSA) is 25.8 Å². The van der Waals surface area contributed by atoms with Crippen LogP contribution in [-0.2, 0) is 6.42 Å². The third-order valence-corrected chi connectivity index (χ3v) is 3.64. The maximum Gasteiger partial charge on any atom is 0.0928 e. The third kappa shape index (κ3) is 1.40. The fraction of sp³-hybridized carbons (Fsp3) is 0.250. The number of rotatable bonds is 2. The van der Waals surface area contributed by atoms with E-state index in [2.05, 4.69) is 16.9 Å². The van der Waals surface area contributed by atoms with Gasteiger partial charge in [0.2, 0.25) is 0 Å². The van der Waals surface area contributed by atoms with Crippen molar-refractivity contribution in [1.82, 2.24) is 9.97 Å². The Labute approximate surface area is 78.9 Å². The van der Waals surface area contributed by atoms with Crippen molar-refractivity contribution >= 4 is 22.7 Å². The van der Waals surface area contributed by atoms with E-state index in [1.807, 2.05) is 17.9 Å². The standard InChI is InChI=1S/C8H8N2S2/c1-2-8-10-4-7(12-8)6-3-9-5-11-6/h3-5H,2H2,1H3. The molecule has 0 unspecified atom stereocenters. The van der Waals surface area contributed by atoms with E-state index in [1.54, 1.807) is 22.7 Å². The molecule has 0 aliphatic carbocycles. The largest absolute Gasteiger partial charge is 0.252 e. The van der Waals surface area contributed by atoms with Crippen LogP contribution in [0.4, 0.5) is 0 Å². The fourth-order valence-corrected chi connectivity index (χ4v) is 2.48. The highest BCUT2D eigenvalue weighted by Gasteiger charge is 2.03. The molecule has 0 saturated heterocycles. The third-order valence-electron chi connectivity index (χ3n) is 1.53. The number of hydrogen-bond donors (Lipinski definition) is 0. The summed E-state index contributed by atoms with van der Waals surface area (Å²) in [6.07, 6.45) is 4.83. The first-order valence-corrected chi connectivity index (χ1v) is 5.43. The lowest BCUT2D eigenvalue weighted by atomic mass is 10.5. The molecule has 2 aromatic heterocycles. The molecule has 2 rings (SSSR count). The van der Waals surface area contributed by atoms with Crippen LogP contribution < -0.4 is 0 Å². The molecule has 0 fully saturated rings. The predicted molar refractivity (Wildman–Crippen MR) is 52.6 cm³/mol. The van der Waals surface area contributed by atoms with Gasteiger partial charge in [-0.25, -0.2) is 4.98 Å². The Morgan fingerprint density at radius 1 is 1.33 bits per heavy atom. The Hall–Kier alpha value is -0.740. The Bertz CT molecular complexity index is 351.